The Morgan fingerprint density at radius 1 is 1.02 bits per heavy atom. The van der Waals surface area contributed by atoms with Crippen molar-refractivity contribution in [3.63, 3.8) is 0 Å². The number of unbranched alkanes of at least 4 members (excludes halogenated alkanes) is 1. The first kappa shape index (κ1) is 40.3. The summed E-state index contributed by atoms with van der Waals surface area (Å²) in [6.45, 7) is 1.36. The van der Waals surface area contributed by atoms with Crippen molar-refractivity contribution >= 4 is 35.4 Å². The smallest absolute Gasteiger partial charge is 0.328 e. The Kier molecular flexibility index (Phi) is 12.5. The molecule has 0 heterocycles. The number of nitrogens with zero attached hydrogens (tertiary/aromatic N) is 1. The number of hydrogen-bond donors (Lipinski definition) is 11. The van der Waals surface area contributed by atoms with Crippen LogP contribution in [0.4, 0.5) is 0 Å². The third-order valence-corrected chi connectivity index (χ3v) is 9.21. The van der Waals surface area contributed by atoms with Gasteiger partial charge in [0.25, 0.3) is 5.91 Å². The zero-order valence-electron chi connectivity index (χ0n) is 28.0. The van der Waals surface area contributed by atoms with Gasteiger partial charge in [0.1, 0.15) is 28.9 Å². The average Bonchev–Trinajstić information content (AvgIpc) is 3.03. The van der Waals surface area contributed by atoms with Crippen LogP contribution in [0.3, 0.4) is 0 Å². The van der Waals surface area contributed by atoms with E-state index in [9.17, 15) is 59.4 Å². The Labute approximate surface area is 291 Å². The van der Waals surface area contributed by atoms with Crippen molar-refractivity contribution in [3.05, 3.63) is 64.1 Å². The highest BCUT2D eigenvalue weighted by atomic mass is 16.4. The molecule has 0 spiro atoms. The summed E-state index contributed by atoms with van der Waals surface area (Å²) in [6, 6.07) is 1.87. The number of phenols is 1. The van der Waals surface area contributed by atoms with E-state index in [0.29, 0.717) is 31.5 Å². The van der Waals surface area contributed by atoms with Gasteiger partial charge in [-0.2, -0.15) is 0 Å². The molecule has 0 saturated carbocycles. The molecule has 4 rings (SSSR count). The quantitative estimate of drug-likeness (QED) is 0.0548. The van der Waals surface area contributed by atoms with Crippen molar-refractivity contribution in [1.82, 2.24) is 15.5 Å². The van der Waals surface area contributed by atoms with Crippen LogP contribution in [0.1, 0.15) is 48.5 Å². The Morgan fingerprint density at radius 3 is 2.16 bits per heavy atom. The van der Waals surface area contributed by atoms with E-state index in [1.165, 1.54) is 44.1 Å². The minimum absolute atomic E-state index is 0.100. The average molecular weight is 719 g/mol. The summed E-state index contributed by atoms with van der Waals surface area (Å²) in [7, 11) is 3.03. The predicted octanol–water partition coefficient (Wildman–Crippen LogP) is -0.742. The molecular formula is C33H42N4O14. The van der Waals surface area contributed by atoms with Gasteiger partial charge >= 0.3 is 17.9 Å². The number of phenolic OH excluding ortho intramolecular Hbond substituents is 1. The molecule has 1 unspecified atom stereocenters. The number of fused-ring (bicyclic) bond motifs is 3. The number of nitrogens with one attached hydrogen (secondary N) is 2. The number of benzene rings is 1. The van der Waals surface area contributed by atoms with Gasteiger partial charge in [-0.1, -0.05) is 18.6 Å². The van der Waals surface area contributed by atoms with Gasteiger partial charge in [0.05, 0.1) is 23.9 Å². The van der Waals surface area contributed by atoms with Gasteiger partial charge in [-0.25, -0.2) is 9.59 Å². The first-order chi connectivity index (χ1) is 23.7. The highest BCUT2D eigenvalue weighted by Gasteiger charge is 2.65. The van der Waals surface area contributed by atoms with Crippen LogP contribution in [-0.2, 0) is 29.6 Å². The molecule has 51 heavy (non-hydrogen) atoms. The molecule has 3 aliphatic rings. The number of carboxylic acids is 3. The molecule has 0 bridgehead atoms. The molecule has 0 aromatic heterocycles. The van der Waals surface area contributed by atoms with Gasteiger partial charge in [-0.15, -0.1) is 0 Å². The molecule has 1 aromatic rings. The summed E-state index contributed by atoms with van der Waals surface area (Å²) in [6.07, 6.45) is 2.19. The second kappa shape index (κ2) is 15.8. The number of aliphatic carboxylic acids is 3. The van der Waals surface area contributed by atoms with Gasteiger partial charge < -0.3 is 51.9 Å². The van der Waals surface area contributed by atoms with E-state index >= 15 is 0 Å². The lowest BCUT2D eigenvalue weighted by Gasteiger charge is -2.52. The number of Topliss-reactive ketones (excluding diaryl/α,β-unsaturated/α-hetero) is 2. The Balaban J connectivity index is 0.000000783. The standard InChI is InChI=1S/C29H38N4O10.C4H4O4/c1-28(42)13-7-6-9-17(34)18(13)22(35)19-14(28)11-15-21(33(2)3)23(36)20(25(38)29(15,43)24(19)37)26(39)32-12-31-16(27(40)41)8-4-5-10-30;5-3(6)1-2-4(7)8/h6-7,9,14-16,21,31,34,36-37,42-43H,4-5,8,10-12,30H2,1-3H3,(H,32,39)(H,40,41);1-2H,(H,5,6)(H,7,8)/b;2-1-/t14?,15-,16-,21-,28+,29-;/m0./s1. The largest absolute Gasteiger partial charge is 0.510 e. The first-order valence-corrected chi connectivity index (χ1v) is 15.7. The van der Waals surface area contributed by atoms with E-state index in [1.54, 1.807) is 0 Å². The molecule has 3 aliphatic carbocycles. The molecular weight excluding hydrogens is 676 g/mol. The lowest BCUT2D eigenvalue weighted by molar-refractivity contribution is -0.152. The van der Waals surface area contributed by atoms with Crippen molar-refractivity contribution in [2.24, 2.45) is 17.6 Å². The maximum absolute atomic E-state index is 13.9. The predicted molar refractivity (Wildman–Crippen MR) is 175 cm³/mol. The van der Waals surface area contributed by atoms with E-state index in [2.05, 4.69) is 10.6 Å². The van der Waals surface area contributed by atoms with Crippen LogP contribution in [-0.4, -0.2) is 126 Å². The fourth-order valence-electron chi connectivity index (χ4n) is 6.78. The lowest BCUT2D eigenvalue weighted by atomic mass is 9.55. The third kappa shape index (κ3) is 7.79. The Morgan fingerprint density at radius 2 is 1.63 bits per heavy atom. The van der Waals surface area contributed by atoms with Crippen LogP contribution in [0.2, 0.25) is 0 Å². The molecule has 1 aromatic carbocycles. The Hall–Kier alpha value is -5.14. The molecule has 18 nitrogen and oxygen atoms in total. The number of amides is 1. The van der Waals surface area contributed by atoms with Crippen molar-refractivity contribution in [2.75, 3.05) is 27.3 Å². The van der Waals surface area contributed by atoms with E-state index in [4.69, 9.17) is 15.9 Å². The van der Waals surface area contributed by atoms with Crippen LogP contribution >= 0.6 is 0 Å². The number of aliphatic hydroxyl groups is 4. The molecule has 6 atom stereocenters. The number of carbonyl (C=O) groups excluding carboxylic acids is 3. The zero-order valence-corrected chi connectivity index (χ0v) is 28.0. The molecule has 0 fully saturated rings. The summed E-state index contributed by atoms with van der Waals surface area (Å²) in [5.74, 6) is -11.8. The topological polar surface area (TPSA) is 318 Å². The number of aromatic hydroxyl groups is 1. The summed E-state index contributed by atoms with van der Waals surface area (Å²) < 4.78 is 0. The fraction of sp³-hybridized carbons (Fsp3) is 0.455. The monoisotopic (exact) mass is 718 g/mol. The molecule has 18 heteroatoms. The molecule has 12 N–H and O–H groups in total. The summed E-state index contributed by atoms with van der Waals surface area (Å²) >= 11 is 0. The van der Waals surface area contributed by atoms with E-state index in [1.807, 2.05) is 0 Å². The number of carbonyl (C=O) groups is 6. The van der Waals surface area contributed by atoms with Gasteiger partial charge in [0.15, 0.2) is 11.4 Å². The number of carboxylic acid groups (broad SMARTS) is 3. The number of likely N-dealkylation sites (N-methyl/N-ethyl adjacent to an activating group) is 1. The summed E-state index contributed by atoms with van der Waals surface area (Å²) in [5.41, 5.74) is -0.782. The normalized spacial score (nSPS) is 26.1. The van der Waals surface area contributed by atoms with Crippen molar-refractivity contribution in [1.29, 1.82) is 0 Å². The number of aliphatic hydroxyl groups excluding tert-OH is 2. The van der Waals surface area contributed by atoms with E-state index < -0.39 is 106 Å². The minimum atomic E-state index is -2.85. The second-order valence-corrected chi connectivity index (χ2v) is 12.7. The van der Waals surface area contributed by atoms with Crippen molar-refractivity contribution in [3.8, 4) is 5.75 Å². The molecule has 0 aliphatic heterocycles. The first-order valence-electron chi connectivity index (χ1n) is 15.7. The second-order valence-electron chi connectivity index (χ2n) is 12.7. The van der Waals surface area contributed by atoms with Gasteiger partial charge in [-0.05, 0) is 58.5 Å². The van der Waals surface area contributed by atoms with E-state index in [0.717, 1.165) is 0 Å². The van der Waals surface area contributed by atoms with Crippen LogP contribution in [0.5, 0.6) is 5.75 Å². The SMILES string of the molecule is CN(C)[C@@H]1C(O)=C(C(=O)NCN[C@@H](CCCCN)C(=O)O)C(=O)[C@@]2(O)C(O)=C3C(=O)c4c(O)cccc4[C@@](C)(O)C3C[C@@H]12.O=C(O)/C=C\C(=O)O. The number of nitrogens with two attached hydrogens (primary N) is 1. The molecule has 0 saturated heterocycles. The maximum atomic E-state index is 13.9. The summed E-state index contributed by atoms with van der Waals surface area (Å²) in [4.78, 5) is 72.8. The molecule has 1 amide bonds. The minimum Gasteiger partial charge on any atom is -0.510 e. The number of ketones is 2. The Bertz CT molecular complexity index is 1680. The highest BCUT2D eigenvalue weighted by molar-refractivity contribution is 6.25. The van der Waals surface area contributed by atoms with Gasteiger partial charge in [-0.3, -0.25) is 29.4 Å². The van der Waals surface area contributed by atoms with Crippen LogP contribution in [0.15, 0.2) is 53.0 Å². The third-order valence-electron chi connectivity index (χ3n) is 9.21. The number of hydrogen-bond acceptors (Lipinski definition) is 14. The van der Waals surface area contributed by atoms with Crippen LogP contribution in [0, 0.1) is 11.8 Å². The molecule has 278 valence electrons. The fourth-order valence-corrected chi connectivity index (χ4v) is 6.78. The summed E-state index contributed by atoms with van der Waals surface area (Å²) in [5, 5.41) is 86.8. The van der Waals surface area contributed by atoms with Gasteiger partial charge in [0, 0.05) is 29.6 Å². The van der Waals surface area contributed by atoms with Gasteiger partial charge in [0.2, 0.25) is 5.78 Å². The van der Waals surface area contributed by atoms with Crippen molar-refractivity contribution in [2.45, 2.75) is 55.9 Å². The van der Waals surface area contributed by atoms with Crippen LogP contribution in [0.25, 0.3) is 0 Å². The van der Waals surface area contributed by atoms with Crippen molar-refractivity contribution < 1.29 is 69.6 Å². The zero-order chi connectivity index (χ0) is 38.6. The van der Waals surface area contributed by atoms with E-state index in [-0.39, 0.29) is 24.0 Å². The highest BCUT2D eigenvalue weighted by Crippen LogP contribution is 2.56. The molecule has 0 radical (unpaired) electrons. The maximum Gasteiger partial charge on any atom is 0.328 e. The number of rotatable bonds is 12. The van der Waals surface area contributed by atoms with Crippen LogP contribution < -0.4 is 16.4 Å². The lowest BCUT2D eigenvalue weighted by Crippen LogP contribution is -2.65.